The van der Waals surface area contributed by atoms with E-state index < -0.39 is 23.5 Å². The molecule has 0 aromatic heterocycles. The minimum Gasteiger partial charge on any atom is -0.481 e. The molecule has 1 aromatic rings. The van der Waals surface area contributed by atoms with Crippen molar-refractivity contribution in [3.63, 3.8) is 0 Å². The Balaban J connectivity index is 3.25. The van der Waals surface area contributed by atoms with E-state index in [2.05, 4.69) is 0 Å². The Hall–Kier alpha value is -2.04. The molecule has 0 heterocycles. The van der Waals surface area contributed by atoms with Gasteiger partial charge in [0.25, 0.3) is 0 Å². The molecule has 0 fully saturated rings. The van der Waals surface area contributed by atoms with Crippen molar-refractivity contribution in [1.29, 1.82) is 0 Å². The third-order valence-corrected chi connectivity index (χ3v) is 3.18. The standard InChI is InChI=1S/C16H23NO4/c1-5-21-15(20)17(12-9-7-6-8-10-12)13(11-14(18)19)16(2,3)4/h6-10,13H,5,11H2,1-4H3,(H,18,19). The highest BCUT2D eigenvalue weighted by Crippen LogP contribution is 2.31. The van der Waals surface area contributed by atoms with Crippen molar-refractivity contribution < 1.29 is 19.4 Å². The van der Waals surface area contributed by atoms with Gasteiger partial charge in [0.1, 0.15) is 0 Å². The molecule has 5 nitrogen and oxygen atoms in total. The number of carbonyl (C=O) groups excluding carboxylic acids is 1. The number of hydrogen-bond acceptors (Lipinski definition) is 3. The van der Waals surface area contributed by atoms with Gasteiger partial charge >= 0.3 is 12.1 Å². The Bertz CT molecular complexity index is 479. The number of carboxylic acids is 1. The largest absolute Gasteiger partial charge is 0.481 e. The van der Waals surface area contributed by atoms with Crippen molar-refractivity contribution >= 4 is 17.7 Å². The Kier molecular flexibility index (Phi) is 5.76. The molecule has 0 aliphatic heterocycles. The van der Waals surface area contributed by atoms with Crippen LogP contribution in [0, 0.1) is 5.41 Å². The summed E-state index contributed by atoms with van der Waals surface area (Å²) in [5, 5.41) is 9.18. The van der Waals surface area contributed by atoms with E-state index in [1.807, 2.05) is 39.0 Å². The van der Waals surface area contributed by atoms with E-state index in [1.165, 1.54) is 4.90 Å². The summed E-state index contributed by atoms with van der Waals surface area (Å²) in [6.07, 6.45) is -0.665. The zero-order valence-electron chi connectivity index (χ0n) is 13.0. The van der Waals surface area contributed by atoms with E-state index in [1.54, 1.807) is 19.1 Å². The molecule has 0 saturated heterocycles. The highest BCUT2D eigenvalue weighted by Gasteiger charge is 2.36. The van der Waals surface area contributed by atoms with Crippen LogP contribution in [0.1, 0.15) is 34.1 Å². The number of ether oxygens (including phenoxy) is 1. The van der Waals surface area contributed by atoms with Gasteiger partial charge in [-0.3, -0.25) is 9.69 Å². The second-order valence-corrected chi connectivity index (χ2v) is 5.88. The van der Waals surface area contributed by atoms with Gasteiger partial charge in [0.15, 0.2) is 0 Å². The zero-order chi connectivity index (χ0) is 16.0. The minimum absolute atomic E-state index is 0.142. The van der Waals surface area contributed by atoms with Gasteiger partial charge in [0, 0.05) is 5.69 Å². The number of benzene rings is 1. The number of rotatable bonds is 5. The van der Waals surface area contributed by atoms with Gasteiger partial charge < -0.3 is 9.84 Å². The number of para-hydroxylation sites is 1. The molecule has 1 rings (SSSR count). The summed E-state index contributed by atoms with van der Waals surface area (Å²) < 4.78 is 5.11. The van der Waals surface area contributed by atoms with Crippen LogP contribution in [0.25, 0.3) is 0 Å². The molecule has 1 atom stereocenters. The van der Waals surface area contributed by atoms with Crippen LogP contribution in [0.2, 0.25) is 0 Å². The molecule has 0 saturated carbocycles. The van der Waals surface area contributed by atoms with E-state index in [0.717, 1.165) is 0 Å². The normalized spacial score (nSPS) is 12.6. The first-order chi connectivity index (χ1) is 9.77. The molecule has 0 aliphatic carbocycles. The SMILES string of the molecule is CCOC(=O)N(c1ccccc1)C(CC(=O)O)C(C)(C)C. The van der Waals surface area contributed by atoms with Crippen LogP contribution in [-0.4, -0.2) is 29.8 Å². The number of amides is 1. The van der Waals surface area contributed by atoms with Crippen LogP contribution in [0.4, 0.5) is 10.5 Å². The third kappa shape index (κ3) is 4.77. The molecule has 0 spiro atoms. The van der Waals surface area contributed by atoms with Crippen molar-refractivity contribution in [2.24, 2.45) is 5.41 Å². The summed E-state index contributed by atoms with van der Waals surface area (Å²) in [4.78, 5) is 25.0. The Morgan fingerprint density at radius 3 is 2.24 bits per heavy atom. The van der Waals surface area contributed by atoms with Gasteiger partial charge in [-0.05, 0) is 24.5 Å². The Morgan fingerprint density at radius 2 is 1.81 bits per heavy atom. The summed E-state index contributed by atoms with van der Waals surface area (Å²) in [5.74, 6) is -0.944. The number of hydrogen-bond donors (Lipinski definition) is 1. The summed E-state index contributed by atoms with van der Waals surface area (Å²) in [6, 6.07) is 8.51. The van der Waals surface area contributed by atoms with Crippen molar-refractivity contribution in [3.8, 4) is 0 Å². The monoisotopic (exact) mass is 293 g/mol. The zero-order valence-corrected chi connectivity index (χ0v) is 13.0. The quantitative estimate of drug-likeness (QED) is 0.901. The highest BCUT2D eigenvalue weighted by atomic mass is 16.6. The molecule has 0 aliphatic rings. The first-order valence-corrected chi connectivity index (χ1v) is 7.00. The highest BCUT2D eigenvalue weighted by molar-refractivity contribution is 5.89. The maximum atomic E-state index is 12.3. The van der Waals surface area contributed by atoms with Crippen molar-refractivity contribution in [1.82, 2.24) is 0 Å². The fraction of sp³-hybridized carbons (Fsp3) is 0.500. The fourth-order valence-corrected chi connectivity index (χ4v) is 2.14. The second kappa shape index (κ2) is 7.11. The van der Waals surface area contributed by atoms with Gasteiger partial charge in [0.2, 0.25) is 0 Å². The van der Waals surface area contributed by atoms with Crippen LogP contribution >= 0.6 is 0 Å². The molecule has 0 radical (unpaired) electrons. The number of carboxylic acid groups (broad SMARTS) is 1. The number of nitrogens with zero attached hydrogens (tertiary/aromatic N) is 1. The molecule has 116 valence electrons. The topological polar surface area (TPSA) is 66.8 Å². The predicted molar refractivity (Wildman–Crippen MR) is 81.4 cm³/mol. The van der Waals surface area contributed by atoms with Crippen LogP contribution in [0.15, 0.2) is 30.3 Å². The van der Waals surface area contributed by atoms with Gasteiger partial charge in [-0.2, -0.15) is 0 Å². The average Bonchev–Trinajstić information content (AvgIpc) is 2.38. The lowest BCUT2D eigenvalue weighted by Crippen LogP contribution is -2.49. The second-order valence-electron chi connectivity index (χ2n) is 5.88. The maximum absolute atomic E-state index is 12.3. The molecule has 0 bridgehead atoms. The fourth-order valence-electron chi connectivity index (χ4n) is 2.14. The van der Waals surface area contributed by atoms with Crippen LogP contribution in [0.5, 0.6) is 0 Å². The lowest BCUT2D eigenvalue weighted by molar-refractivity contribution is -0.138. The first kappa shape index (κ1) is 17.0. The lowest BCUT2D eigenvalue weighted by atomic mass is 9.83. The smallest absolute Gasteiger partial charge is 0.414 e. The molecule has 1 N–H and O–H groups in total. The molecule has 21 heavy (non-hydrogen) atoms. The lowest BCUT2D eigenvalue weighted by Gasteiger charge is -2.38. The molecule has 1 aromatic carbocycles. The Morgan fingerprint density at radius 1 is 1.24 bits per heavy atom. The van der Waals surface area contributed by atoms with E-state index in [4.69, 9.17) is 4.74 Å². The van der Waals surface area contributed by atoms with E-state index in [-0.39, 0.29) is 13.0 Å². The molecule has 5 heteroatoms. The molecule has 1 amide bonds. The number of aliphatic carboxylic acids is 1. The summed E-state index contributed by atoms with van der Waals surface area (Å²) in [7, 11) is 0. The van der Waals surface area contributed by atoms with E-state index in [0.29, 0.717) is 5.69 Å². The number of carbonyl (C=O) groups is 2. The van der Waals surface area contributed by atoms with Gasteiger partial charge in [-0.15, -0.1) is 0 Å². The molecular weight excluding hydrogens is 270 g/mol. The van der Waals surface area contributed by atoms with Gasteiger partial charge in [-0.25, -0.2) is 4.79 Å². The summed E-state index contributed by atoms with van der Waals surface area (Å²) in [5.41, 5.74) is 0.234. The Labute approximate surface area is 125 Å². The van der Waals surface area contributed by atoms with Gasteiger partial charge in [0.05, 0.1) is 19.1 Å². The predicted octanol–water partition coefficient (Wildman–Crippen LogP) is 3.54. The maximum Gasteiger partial charge on any atom is 0.414 e. The van der Waals surface area contributed by atoms with Crippen LogP contribution in [-0.2, 0) is 9.53 Å². The van der Waals surface area contributed by atoms with E-state index in [9.17, 15) is 14.7 Å². The van der Waals surface area contributed by atoms with Crippen molar-refractivity contribution in [2.75, 3.05) is 11.5 Å². The minimum atomic E-state index is -0.944. The van der Waals surface area contributed by atoms with Crippen molar-refractivity contribution in [2.45, 2.75) is 40.2 Å². The van der Waals surface area contributed by atoms with E-state index >= 15 is 0 Å². The van der Waals surface area contributed by atoms with Crippen molar-refractivity contribution in [3.05, 3.63) is 30.3 Å². The van der Waals surface area contributed by atoms with Crippen LogP contribution in [0.3, 0.4) is 0 Å². The average molecular weight is 293 g/mol. The summed E-state index contributed by atoms with van der Waals surface area (Å²) in [6.45, 7) is 7.71. The van der Waals surface area contributed by atoms with Crippen LogP contribution < -0.4 is 4.90 Å². The summed E-state index contributed by atoms with van der Waals surface area (Å²) >= 11 is 0. The number of anilines is 1. The third-order valence-electron chi connectivity index (χ3n) is 3.18. The molecular formula is C16H23NO4. The first-order valence-electron chi connectivity index (χ1n) is 7.00. The molecule has 1 unspecified atom stereocenters. The van der Waals surface area contributed by atoms with Gasteiger partial charge in [-0.1, -0.05) is 39.0 Å².